The van der Waals surface area contributed by atoms with E-state index in [0.717, 1.165) is 16.8 Å². The molecule has 0 fully saturated rings. The fourth-order valence-corrected chi connectivity index (χ4v) is 2.66. The van der Waals surface area contributed by atoms with E-state index >= 15 is 0 Å². The van der Waals surface area contributed by atoms with Crippen molar-refractivity contribution in [2.24, 2.45) is 0 Å². The Labute approximate surface area is 144 Å². The van der Waals surface area contributed by atoms with Crippen molar-refractivity contribution in [2.75, 3.05) is 0 Å². The van der Waals surface area contributed by atoms with Gasteiger partial charge in [-0.25, -0.2) is 4.39 Å². The van der Waals surface area contributed by atoms with Crippen LogP contribution in [0, 0.1) is 12.7 Å². The Morgan fingerprint density at radius 2 is 1.67 bits per heavy atom. The van der Waals surface area contributed by atoms with Crippen LogP contribution in [0.3, 0.4) is 0 Å². The first-order valence-electron chi connectivity index (χ1n) is 8.26. The average Bonchev–Trinajstić information content (AvgIpc) is 2.54. The average molecular weight is 323 g/mol. The summed E-state index contributed by atoms with van der Waals surface area (Å²) in [7, 11) is 0. The first-order valence-corrected chi connectivity index (χ1v) is 8.26. The van der Waals surface area contributed by atoms with E-state index in [-0.39, 0.29) is 11.9 Å². The Morgan fingerprint density at radius 1 is 1.04 bits per heavy atom. The molecule has 2 heteroatoms. The predicted molar refractivity (Wildman–Crippen MR) is 102 cm³/mol. The van der Waals surface area contributed by atoms with Crippen LogP contribution in [0.4, 0.5) is 4.39 Å². The molecule has 24 heavy (non-hydrogen) atoms. The van der Waals surface area contributed by atoms with E-state index in [0.29, 0.717) is 0 Å². The molecule has 1 atom stereocenters. The van der Waals surface area contributed by atoms with Gasteiger partial charge in [0.25, 0.3) is 0 Å². The number of aryl methyl sites for hydroxylation is 1. The smallest absolute Gasteiger partial charge is 0.123 e. The van der Waals surface area contributed by atoms with Crippen LogP contribution in [0.2, 0.25) is 0 Å². The molecule has 0 aliphatic heterocycles. The zero-order valence-corrected chi connectivity index (χ0v) is 15.2. The molecule has 0 unspecified atom stereocenters. The summed E-state index contributed by atoms with van der Waals surface area (Å²) < 4.78 is 13.1. The second-order valence-electron chi connectivity index (χ2n) is 6.55. The van der Waals surface area contributed by atoms with Crippen LogP contribution in [0.5, 0.6) is 0 Å². The maximum atomic E-state index is 13.1. The van der Waals surface area contributed by atoms with Crippen molar-refractivity contribution < 1.29 is 4.39 Å². The second kappa shape index (κ2) is 7.48. The summed E-state index contributed by atoms with van der Waals surface area (Å²) >= 11 is 0. The van der Waals surface area contributed by atoms with Crippen LogP contribution in [-0.2, 0) is 0 Å². The molecule has 0 amide bonds. The van der Waals surface area contributed by atoms with Gasteiger partial charge < -0.3 is 5.32 Å². The van der Waals surface area contributed by atoms with Crippen molar-refractivity contribution in [3.8, 4) is 0 Å². The minimum Gasteiger partial charge on any atom is -0.379 e. The Kier molecular flexibility index (Phi) is 5.61. The lowest BCUT2D eigenvalue weighted by Gasteiger charge is -2.19. The minimum atomic E-state index is -0.217. The summed E-state index contributed by atoms with van der Waals surface area (Å²) in [6, 6.07) is 13.0. The fourth-order valence-electron chi connectivity index (χ4n) is 2.66. The Bertz CT molecular complexity index is 765. The number of nitrogens with one attached hydrogen (secondary N) is 1. The molecular weight excluding hydrogens is 297 g/mol. The molecule has 2 aromatic rings. The van der Waals surface area contributed by atoms with Gasteiger partial charge in [0.15, 0.2) is 0 Å². The number of allylic oxidation sites excluding steroid dienone is 2. The molecule has 0 aromatic heterocycles. The molecule has 0 heterocycles. The third-order valence-corrected chi connectivity index (χ3v) is 4.50. The largest absolute Gasteiger partial charge is 0.379 e. The molecule has 1 N–H and O–H groups in total. The normalized spacial score (nSPS) is 11.8. The van der Waals surface area contributed by atoms with Crippen molar-refractivity contribution in [1.29, 1.82) is 0 Å². The first-order chi connectivity index (χ1) is 11.3. The Balaban J connectivity index is 2.22. The highest BCUT2D eigenvalue weighted by molar-refractivity contribution is 5.73. The van der Waals surface area contributed by atoms with Crippen molar-refractivity contribution in [1.82, 2.24) is 5.32 Å². The van der Waals surface area contributed by atoms with Gasteiger partial charge in [0, 0.05) is 11.7 Å². The minimum absolute atomic E-state index is 0.0624. The highest BCUT2D eigenvalue weighted by Gasteiger charge is 2.10. The topological polar surface area (TPSA) is 12.0 Å². The standard InChI is InChI=1S/C22H26FN/c1-14(2)16(4)22-13-20(8-7-15(22)3)18(6)24-17(5)19-9-11-21(23)12-10-19/h7-13,17,24H,6H2,1-5H3/t17-/m0/s1. The van der Waals surface area contributed by atoms with Gasteiger partial charge >= 0.3 is 0 Å². The lowest BCUT2D eigenvalue weighted by molar-refractivity contribution is 0.623. The molecule has 2 aromatic carbocycles. The van der Waals surface area contributed by atoms with Crippen LogP contribution in [-0.4, -0.2) is 0 Å². The molecule has 0 saturated carbocycles. The molecule has 1 nitrogen and oxygen atoms in total. The van der Waals surface area contributed by atoms with E-state index in [4.69, 9.17) is 0 Å². The van der Waals surface area contributed by atoms with E-state index in [2.05, 4.69) is 64.7 Å². The van der Waals surface area contributed by atoms with E-state index in [9.17, 15) is 4.39 Å². The van der Waals surface area contributed by atoms with Crippen LogP contribution >= 0.6 is 0 Å². The monoisotopic (exact) mass is 323 g/mol. The van der Waals surface area contributed by atoms with Crippen molar-refractivity contribution in [2.45, 2.75) is 40.7 Å². The second-order valence-corrected chi connectivity index (χ2v) is 6.55. The van der Waals surface area contributed by atoms with E-state index in [1.54, 1.807) is 12.1 Å². The Morgan fingerprint density at radius 3 is 2.25 bits per heavy atom. The molecule has 0 bridgehead atoms. The quantitative estimate of drug-likeness (QED) is 0.684. The van der Waals surface area contributed by atoms with Crippen LogP contribution in [0.15, 0.2) is 54.6 Å². The summed E-state index contributed by atoms with van der Waals surface area (Å²) in [5.74, 6) is -0.217. The van der Waals surface area contributed by atoms with Gasteiger partial charge in [-0.15, -0.1) is 0 Å². The first kappa shape index (κ1) is 18.0. The lowest BCUT2D eigenvalue weighted by atomic mass is 9.95. The van der Waals surface area contributed by atoms with Gasteiger partial charge in [-0.3, -0.25) is 0 Å². The molecule has 0 aliphatic carbocycles. The Hall–Kier alpha value is -2.35. The number of benzene rings is 2. The number of rotatable bonds is 5. The molecule has 0 aliphatic rings. The van der Waals surface area contributed by atoms with Gasteiger partial charge in [-0.05, 0) is 80.6 Å². The highest BCUT2D eigenvalue weighted by Crippen LogP contribution is 2.26. The number of hydrogen-bond donors (Lipinski definition) is 1. The molecule has 0 radical (unpaired) electrons. The predicted octanol–water partition coefficient (Wildman–Crippen LogP) is 6.27. The maximum Gasteiger partial charge on any atom is 0.123 e. The summed E-state index contributed by atoms with van der Waals surface area (Å²) in [6.45, 7) is 14.8. The van der Waals surface area contributed by atoms with E-state index < -0.39 is 0 Å². The highest BCUT2D eigenvalue weighted by atomic mass is 19.1. The van der Waals surface area contributed by atoms with Gasteiger partial charge in [0.2, 0.25) is 0 Å². The molecule has 126 valence electrons. The fraction of sp³-hybridized carbons (Fsp3) is 0.273. The lowest BCUT2D eigenvalue weighted by Crippen LogP contribution is -2.16. The van der Waals surface area contributed by atoms with Gasteiger partial charge in [0.1, 0.15) is 5.82 Å². The molecule has 0 saturated heterocycles. The third kappa shape index (κ3) is 4.14. The summed E-state index contributed by atoms with van der Waals surface area (Å²) in [6.07, 6.45) is 0. The van der Waals surface area contributed by atoms with E-state index in [1.807, 2.05) is 0 Å². The summed E-state index contributed by atoms with van der Waals surface area (Å²) in [5, 5.41) is 3.41. The van der Waals surface area contributed by atoms with Gasteiger partial charge in [0.05, 0.1) is 0 Å². The molecular formula is C22H26FN. The maximum absolute atomic E-state index is 13.1. The SMILES string of the molecule is C=C(N[C@@H](C)c1ccc(F)cc1)c1ccc(C)c(C(C)=C(C)C)c1. The number of halogens is 1. The summed E-state index contributed by atoms with van der Waals surface area (Å²) in [4.78, 5) is 0. The number of hydrogen-bond acceptors (Lipinski definition) is 1. The van der Waals surface area contributed by atoms with Crippen molar-refractivity contribution in [3.63, 3.8) is 0 Å². The zero-order valence-electron chi connectivity index (χ0n) is 15.2. The van der Waals surface area contributed by atoms with Crippen molar-refractivity contribution in [3.05, 3.63) is 82.7 Å². The van der Waals surface area contributed by atoms with E-state index in [1.165, 1.54) is 34.4 Å². The van der Waals surface area contributed by atoms with Crippen LogP contribution in [0.1, 0.15) is 56.0 Å². The third-order valence-electron chi connectivity index (χ3n) is 4.50. The van der Waals surface area contributed by atoms with Gasteiger partial charge in [-0.1, -0.05) is 36.4 Å². The van der Waals surface area contributed by atoms with Crippen LogP contribution < -0.4 is 5.32 Å². The van der Waals surface area contributed by atoms with Crippen LogP contribution in [0.25, 0.3) is 11.3 Å². The zero-order chi connectivity index (χ0) is 17.9. The summed E-state index contributed by atoms with van der Waals surface area (Å²) in [5.41, 5.74) is 8.11. The molecule has 0 spiro atoms. The molecule has 2 rings (SSSR count). The van der Waals surface area contributed by atoms with Gasteiger partial charge in [-0.2, -0.15) is 0 Å². The van der Waals surface area contributed by atoms with Crippen molar-refractivity contribution >= 4 is 11.3 Å².